The smallest absolute Gasteiger partial charge is 0.335 e. The van der Waals surface area contributed by atoms with Crippen molar-refractivity contribution in [1.82, 2.24) is 10.2 Å². The maximum atomic E-state index is 12.2. The van der Waals surface area contributed by atoms with Gasteiger partial charge in [-0.2, -0.15) is 0 Å². The van der Waals surface area contributed by atoms with E-state index >= 15 is 0 Å². The number of halogens is 1. The van der Waals surface area contributed by atoms with Gasteiger partial charge in [0.2, 0.25) is 0 Å². The summed E-state index contributed by atoms with van der Waals surface area (Å²) < 4.78 is 5.65. The summed E-state index contributed by atoms with van der Waals surface area (Å²) in [5.41, 5.74) is 0.620. The first kappa shape index (κ1) is 17.8. The lowest BCUT2D eigenvalue weighted by molar-refractivity contribution is -0.122. The molecule has 0 unspecified atom stereocenters. The second-order valence-corrected chi connectivity index (χ2v) is 6.05. The van der Waals surface area contributed by atoms with Gasteiger partial charge >= 0.3 is 12.0 Å². The van der Waals surface area contributed by atoms with Gasteiger partial charge in [-0.25, -0.2) is 9.59 Å². The molecule has 1 aromatic heterocycles. The lowest BCUT2D eigenvalue weighted by atomic mass is 10.1. The SMILES string of the molecule is CCCN1C(=O)N/C(=C/c2ccc(-c3cc(C(=O)O)ccc3Cl)o2)C1=O. The second kappa shape index (κ2) is 7.05. The van der Waals surface area contributed by atoms with Gasteiger partial charge < -0.3 is 14.8 Å². The first-order chi connectivity index (χ1) is 12.4. The molecule has 26 heavy (non-hydrogen) atoms. The Kier molecular flexibility index (Phi) is 4.81. The van der Waals surface area contributed by atoms with Crippen molar-refractivity contribution in [2.24, 2.45) is 0 Å². The summed E-state index contributed by atoms with van der Waals surface area (Å²) in [5, 5.41) is 11.9. The van der Waals surface area contributed by atoms with Gasteiger partial charge in [-0.15, -0.1) is 0 Å². The zero-order valence-electron chi connectivity index (χ0n) is 13.8. The highest BCUT2D eigenvalue weighted by Gasteiger charge is 2.32. The van der Waals surface area contributed by atoms with E-state index in [2.05, 4.69) is 5.32 Å². The number of benzene rings is 1. The molecule has 7 nitrogen and oxygen atoms in total. The number of imide groups is 1. The lowest BCUT2D eigenvalue weighted by Gasteiger charge is -2.08. The molecule has 1 aromatic carbocycles. The van der Waals surface area contributed by atoms with Crippen LogP contribution in [-0.2, 0) is 4.79 Å². The molecule has 2 aromatic rings. The third kappa shape index (κ3) is 3.34. The third-order valence-electron chi connectivity index (χ3n) is 3.80. The first-order valence-electron chi connectivity index (χ1n) is 7.88. The number of carbonyl (C=O) groups is 3. The summed E-state index contributed by atoms with van der Waals surface area (Å²) in [7, 11) is 0. The van der Waals surface area contributed by atoms with E-state index in [-0.39, 0.29) is 11.3 Å². The lowest BCUT2D eigenvalue weighted by Crippen LogP contribution is -2.31. The van der Waals surface area contributed by atoms with Crippen molar-refractivity contribution < 1.29 is 23.9 Å². The minimum absolute atomic E-state index is 0.0779. The summed E-state index contributed by atoms with van der Waals surface area (Å²) >= 11 is 6.13. The first-order valence-corrected chi connectivity index (χ1v) is 8.26. The minimum atomic E-state index is -1.08. The van der Waals surface area contributed by atoms with Gasteiger partial charge in [0, 0.05) is 18.2 Å². The Morgan fingerprint density at radius 1 is 1.31 bits per heavy atom. The Labute approximate surface area is 153 Å². The number of furan rings is 1. The van der Waals surface area contributed by atoms with Crippen LogP contribution in [0.5, 0.6) is 0 Å². The van der Waals surface area contributed by atoms with Crippen molar-refractivity contribution in [1.29, 1.82) is 0 Å². The zero-order chi connectivity index (χ0) is 18.8. The number of nitrogens with zero attached hydrogens (tertiary/aromatic N) is 1. The summed E-state index contributed by atoms with van der Waals surface area (Å²) in [5.74, 6) is -0.807. The van der Waals surface area contributed by atoms with E-state index in [1.807, 2.05) is 6.92 Å². The number of amides is 3. The summed E-state index contributed by atoms with van der Waals surface area (Å²) in [6.07, 6.45) is 2.09. The molecule has 1 aliphatic heterocycles. The molecule has 134 valence electrons. The molecule has 3 rings (SSSR count). The molecule has 1 aliphatic rings. The van der Waals surface area contributed by atoms with Crippen molar-refractivity contribution >= 4 is 35.6 Å². The quantitative estimate of drug-likeness (QED) is 0.615. The van der Waals surface area contributed by atoms with E-state index in [4.69, 9.17) is 21.1 Å². The number of carbonyl (C=O) groups excluding carboxylic acids is 2. The third-order valence-corrected chi connectivity index (χ3v) is 4.13. The molecule has 2 heterocycles. The standard InChI is InChI=1S/C18H15ClN2O5/c1-2-7-21-16(22)14(20-18(21)25)9-11-4-6-15(26-11)12-8-10(17(23)24)3-5-13(12)19/h3-6,8-9H,2,7H2,1H3,(H,20,25)(H,23,24)/b14-9+. The van der Waals surface area contributed by atoms with E-state index in [0.717, 1.165) is 4.90 Å². The molecule has 0 radical (unpaired) electrons. The maximum Gasteiger partial charge on any atom is 0.335 e. The average molecular weight is 375 g/mol. The maximum absolute atomic E-state index is 12.2. The van der Waals surface area contributed by atoms with Crippen LogP contribution in [0, 0.1) is 0 Å². The number of carboxylic acid groups (broad SMARTS) is 1. The van der Waals surface area contributed by atoms with Gasteiger partial charge in [0.05, 0.1) is 10.6 Å². The Balaban J connectivity index is 1.90. The van der Waals surface area contributed by atoms with Gasteiger partial charge in [0.1, 0.15) is 17.2 Å². The molecular weight excluding hydrogens is 360 g/mol. The van der Waals surface area contributed by atoms with Crippen LogP contribution < -0.4 is 5.32 Å². The Morgan fingerprint density at radius 3 is 2.77 bits per heavy atom. The molecule has 1 saturated heterocycles. The summed E-state index contributed by atoms with van der Waals surface area (Å²) in [6, 6.07) is 7.04. The second-order valence-electron chi connectivity index (χ2n) is 5.65. The number of urea groups is 1. The van der Waals surface area contributed by atoms with Crippen molar-refractivity contribution in [3.8, 4) is 11.3 Å². The molecule has 3 amide bonds. The van der Waals surface area contributed by atoms with Crippen LogP contribution in [0.4, 0.5) is 4.79 Å². The fourth-order valence-electron chi connectivity index (χ4n) is 2.56. The number of hydrogen-bond acceptors (Lipinski definition) is 4. The van der Waals surface area contributed by atoms with Crippen LogP contribution in [0.25, 0.3) is 17.4 Å². The number of aromatic carboxylic acids is 1. The molecule has 1 fully saturated rings. The number of carboxylic acids is 1. The molecule has 2 N–H and O–H groups in total. The van der Waals surface area contributed by atoms with E-state index in [1.54, 1.807) is 12.1 Å². The monoisotopic (exact) mass is 374 g/mol. The van der Waals surface area contributed by atoms with Gasteiger partial charge in [0.15, 0.2) is 0 Å². The van der Waals surface area contributed by atoms with Gasteiger partial charge in [0.25, 0.3) is 5.91 Å². The molecule has 0 bridgehead atoms. The van der Waals surface area contributed by atoms with E-state index in [0.29, 0.717) is 35.1 Å². The number of rotatable bonds is 5. The largest absolute Gasteiger partial charge is 0.478 e. The normalized spacial score (nSPS) is 15.6. The van der Waals surface area contributed by atoms with Gasteiger partial charge in [-0.3, -0.25) is 9.69 Å². The highest BCUT2D eigenvalue weighted by Crippen LogP contribution is 2.31. The Hall–Kier alpha value is -3.06. The topological polar surface area (TPSA) is 99.8 Å². The molecule has 8 heteroatoms. The van der Waals surface area contributed by atoms with E-state index in [9.17, 15) is 14.4 Å². The van der Waals surface area contributed by atoms with Crippen molar-refractivity contribution in [2.75, 3.05) is 6.54 Å². The summed E-state index contributed by atoms with van der Waals surface area (Å²) in [4.78, 5) is 36.2. The van der Waals surface area contributed by atoms with Crippen molar-refractivity contribution in [2.45, 2.75) is 13.3 Å². The van der Waals surface area contributed by atoms with Crippen molar-refractivity contribution in [3.05, 3.63) is 52.4 Å². The fourth-order valence-corrected chi connectivity index (χ4v) is 2.77. The highest BCUT2D eigenvalue weighted by molar-refractivity contribution is 6.33. The molecule has 0 aliphatic carbocycles. The Morgan fingerprint density at radius 2 is 2.08 bits per heavy atom. The zero-order valence-corrected chi connectivity index (χ0v) is 14.5. The van der Waals surface area contributed by atoms with Crippen LogP contribution in [-0.4, -0.2) is 34.5 Å². The van der Waals surface area contributed by atoms with Crippen LogP contribution in [0.15, 0.2) is 40.4 Å². The predicted octanol–water partition coefficient (Wildman–Crippen LogP) is 3.60. The number of hydrogen-bond donors (Lipinski definition) is 2. The Bertz CT molecular complexity index is 931. The van der Waals surface area contributed by atoms with E-state index in [1.165, 1.54) is 24.3 Å². The van der Waals surface area contributed by atoms with Gasteiger partial charge in [-0.05, 0) is 36.8 Å². The number of nitrogens with one attached hydrogen (secondary N) is 1. The molecule has 0 atom stereocenters. The minimum Gasteiger partial charge on any atom is -0.478 e. The van der Waals surface area contributed by atoms with Crippen LogP contribution in [0.1, 0.15) is 29.5 Å². The van der Waals surface area contributed by atoms with Crippen LogP contribution in [0.2, 0.25) is 5.02 Å². The van der Waals surface area contributed by atoms with Gasteiger partial charge in [-0.1, -0.05) is 18.5 Å². The molecule has 0 spiro atoms. The van der Waals surface area contributed by atoms with Crippen LogP contribution >= 0.6 is 11.6 Å². The van der Waals surface area contributed by atoms with Crippen LogP contribution in [0.3, 0.4) is 0 Å². The summed E-state index contributed by atoms with van der Waals surface area (Å²) in [6.45, 7) is 2.21. The van der Waals surface area contributed by atoms with E-state index < -0.39 is 17.9 Å². The fraction of sp³-hybridized carbons (Fsp3) is 0.167. The van der Waals surface area contributed by atoms with Crippen molar-refractivity contribution in [3.63, 3.8) is 0 Å². The molecule has 0 saturated carbocycles. The molecular formula is C18H15ClN2O5. The highest BCUT2D eigenvalue weighted by atomic mass is 35.5. The predicted molar refractivity (Wildman–Crippen MR) is 94.6 cm³/mol. The average Bonchev–Trinajstić information content (AvgIpc) is 3.16.